The summed E-state index contributed by atoms with van der Waals surface area (Å²) in [5, 5.41) is 3.72. The van der Waals surface area contributed by atoms with Gasteiger partial charge in [0.15, 0.2) is 0 Å². The molecule has 1 aliphatic rings. The number of hydrogen-bond donors (Lipinski definition) is 1. The maximum Gasteiger partial charge on any atom is 0.122 e. The fourth-order valence-electron chi connectivity index (χ4n) is 3.16. The molecule has 0 saturated heterocycles. The highest BCUT2D eigenvalue weighted by Gasteiger charge is 2.26. The second kappa shape index (κ2) is 7.53. The monoisotopic (exact) mass is 277 g/mol. The van der Waals surface area contributed by atoms with Crippen molar-refractivity contribution >= 4 is 0 Å². The lowest BCUT2D eigenvalue weighted by atomic mass is 9.91. The summed E-state index contributed by atoms with van der Waals surface area (Å²) in [5.74, 6) is 2.49. The molecule has 1 aromatic rings. The highest BCUT2D eigenvalue weighted by Crippen LogP contribution is 2.38. The van der Waals surface area contributed by atoms with Gasteiger partial charge in [0, 0.05) is 12.1 Å². The van der Waals surface area contributed by atoms with E-state index in [1.54, 1.807) is 14.2 Å². The minimum atomic E-state index is 0.418. The summed E-state index contributed by atoms with van der Waals surface area (Å²) in [6.45, 7) is 3.27. The fourth-order valence-corrected chi connectivity index (χ4v) is 3.16. The number of benzene rings is 1. The molecule has 1 atom stereocenters. The van der Waals surface area contributed by atoms with Gasteiger partial charge in [0.05, 0.1) is 14.2 Å². The molecule has 1 saturated carbocycles. The molecule has 0 heterocycles. The second-order valence-corrected chi connectivity index (χ2v) is 5.62. The summed E-state index contributed by atoms with van der Waals surface area (Å²) < 4.78 is 10.8. The van der Waals surface area contributed by atoms with Crippen LogP contribution in [-0.4, -0.2) is 20.8 Å². The van der Waals surface area contributed by atoms with E-state index in [1.165, 1.54) is 31.2 Å². The first-order valence-electron chi connectivity index (χ1n) is 7.74. The van der Waals surface area contributed by atoms with Gasteiger partial charge < -0.3 is 14.8 Å². The molecule has 0 radical (unpaired) electrons. The van der Waals surface area contributed by atoms with Crippen molar-refractivity contribution in [3.8, 4) is 11.5 Å². The van der Waals surface area contributed by atoms with Gasteiger partial charge in [-0.3, -0.25) is 0 Å². The quantitative estimate of drug-likeness (QED) is 0.819. The standard InChI is InChI=1S/C17H27NO2/c1-4-9-18-17(13-7-5-6-8-13)14-10-15(19-2)12-16(11-14)20-3/h10-13,17-18H,4-9H2,1-3H3. The lowest BCUT2D eigenvalue weighted by Crippen LogP contribution is -2.27. The van der Waals surface area contributed by atoms with Gasteiger partial charge in [-0.1, -0.05) is 19.8 Å². The first kappa shape index (κ1) is 15.2. The molecular weight excluding hydrogens is 250 g/mol. The number of methoxy groups -OCH3 is 2. The third-order valence-corrected chi connectivity index (χ3v) is 4.22. The molecule has 20 heavy (non-hydrogen) atoms. The van der Waals surface area contributed by atoms with Crippen LogP contribution in [0.4, 0.5) is 0 Å². The molecule has 1 N–H and O–H groups in total. The summed E-state index contributed by atoms with van der Waals surface area (Å²) in [6, 6.07) is 6.65. The summed E-state index contributed by atoms with van der Waals surface area (Å²) in [6.07, 6.45) is 6.51. The van der Waals surface area contributed by atoms with Crippen LogP contribution in [0.3, 0.4) is 0 Å². The highest BCUT2D eigenvalue weighted by atomic mass is 16.5. The smallest absolute Gasteiger partial charge is 0.122 e. The Morgan fingerprint density at radius 3 is 2.20 bits per heavy atom. The lowest BCUT2D eigenvalue weighted by molar-refractivity contribution is 0.359. The van der Waals surface area contributed by atoms with Crippen LogP contribution < -0.4 is 14.8 Å². The van der Waals surface area contributed by atoms with Crippen molar-refractivity contribution in [3.05, 3.63) is 23.8 Å². The van der Waals surface area contributed by atoms with Gasteiger partial charge >= 0.3 is 0 Å². The Kier molecular flexibility index (Phi) is 5.72. The number of ether oxygens (including phenoxy) is 2. The minimum absolute atomic E-state index is 0.418. The maximum atomic E-state index is 5.41. The first-order chi connectivity index (χ1) is 9.78. The number of nitrogens with one attached hydrogen (secondary N) is 1. The van der Waals surface area contributed by atoms with E-state index in [0.29, 0.717) is 6.04 Å². The topological polar surface area (TPSA) is 30.5 Å². The molecule has 0 spiro atoms. The van der Waals surface area contributed by atoms with Crippen LogP contribution in [0.2, 0.25) is 0 Å². The molecule has 0 aliphatic heterocycles. The third-order valence-electron chi connectivity index (χ3n) is 4.22. The molecule has 3 heteroatoms. The van der Waals surface area contributed by atoms with E-state index in [2.05, 4.69) is 24.4 Å². The second-order valence-electron chi connectivity index (χ2n) is 5.62. The summed E-state index contributed by atoms with van der Waals surface area (Å²) >= 11 is 0. The molecule has 3 nitrogen and oxygen atoms in total. The van der Waals surface area contributed by atoms with Crippen molar-refractivity contribution < 1.29 is 9.47 Å². The molecule has 0 bridgehead atoms. The van der Waals surface area contributed by atoms with Gasteiger partial charge in [0.1, 0.15) is 11.5 Å². The molecule has 0 amide bonds. The Balaban J connectivity index is 2.25. The van der Waals surface area contributed by atoms with Gasteiger partial charge in [-0.25, -0.2) is 0 Å². The fraction of sp³-hybridized carbons (Fsp3) is 0.647. The zero-order valence-corrected chi connectivity index (χ0v) is 12.9. The van der Waals surface area contributed by atoms with Crippen molar-refractivity contribution in [2.75, 3.05) is 20.8 Å². The van der Waals surface area contributed by atoms with Gasteiger partial charge in [-0.2, -0.15) is 0 Å². The van der Waals surface area contributed by atoms with Crippen LogP contribution in [0.25, 0.3) is 0 Å². The van der Waals surface area contributed by atoms with Gasteiger partial charge in [0.25, 0.3) is 0 Å². The van der Waals surface area contributed by atoms with Crippen molar-refractivity contribution in [1.82, 2.24) is 5.32 Å². The van der Waals surface area contributed by atoms with Crippen molar-refractivity contribution in [3.63, 3.8) is 0 Å². The van der Waals surface area contributed by atoms with Crippen LogP contribution in [0.15, 0.2) is 18.2 Å². The summed E-state index contributed by atoms with van der Waals surface area (Å²) in [7, 11) is 3.42. The number of hydrogen-bond acceptors (Lipinski definition) is 3. The Labute approximate surface area is 122 Å². The predicted octanol–water partition coefficient (Wildman–Crippen LogP) is 3.93. The minimum Gasteiger partial charge on any atom is -0.497 e. The van der Waals surface area contributed by atoms with Crippen molar-refractivity contribution in [2.45, 2.75) is 45.1 Å². The maximum absolute atomic E-state index is 5.41. The molecule has 2 rings (SSSR count). The van der Waals surface area contributed by atoms with Crippen LogP contribution in [0.1, 0.15) is 50.6 Å². The van der Waals surface area contributed by atoms with E-state index in [4.69, 9.17) is 9.47 Å². The van der Waals surface area contributed by atoms with E-state index in [0.717, 1.165) is 30.4 Å². The summed E-state index contributed by atoms with van der Waals surface area (Å²) in [5.41, 5.74) is 1.29. The van der Waals surface area contributed by atoms with E-state index in [-0.39, 0.29) is 0 Å². The summed E-state index contributed by atoms with van der Waals surface area (Å²) in [4.78, 5) is 0. The van der Waals surface area contributed by atoms with Crippen molar-refractivity contribution in [1.29, 1.82) is 0 Å². The van der Waals surface area contributed by atoms with Gasteiger partial charge in [-0.05, 0) is 49.4 Å². The molecular formula is C17H27NO2. The number of rotatable bonds is 7. The Hall–Kier alpha value is -1.22. The van der Waals surface area contributed by atoms with E-state index in [1.807, 2.05) is 6.07 Å². The normalized spacial score (nSPS) is 17.1. The zero-order chi connectivity index (χ0) is 14.4. The largest absolute Gasteiger partial charge is 0.497 e. The third kappa shape index (κ3) is 3.66. The molecule has 0 aromatic heterocycles. The molecule has 1 aliphatic carbocycles. The Morgan fingerprint density at radius 2 is 1.70 bits per heavy atom. The highest BCUT2D eigenvalue weighted by molar-refractivity contribution is 5.40. The molecule has 1 fully saturated rings. The average molecular weight is 277 g/mol. The van der Waals surface area contributed by atoms with Gasteiger partial charge in [0.2, 0.25) is 0 Å². The first-order valence-corrected chi connectivity index (χ1v) is 7.74. The lowest BCUT2D eigenvalue weighted by Gasteiger charge is -2.26. The van der Waals surface area contributed by atoms with Crippen molar-refractivity contribution in [2.24, 2.45) is 5.92 Å². The molecule has 1 aromatic carbocycles. The SMILES string of the molecule is CCCNC(c1cc(OC)cc(OC)c1)C1CCCC1. The predicted molar refractivity (Wildman–Crippen MR) is 82.5 cm³/mol. The van der Waals surface area contributed by atoms with Crippen LogP contribution in [-0.2, 0) is 0 Å². The van der Waals surface area contributed by atoms with E-state index in [9.17, 15) is 0 Å². The van der Waals surface area contributed by atoms with E-state index >= 15 is 0 Å². The molecule has 1 unspecified atom stereocenters. The Morgan fingerprint density at radius 1 is 1.10 bits per heavy atom. The van der Waals surface area contributed by atoms with Crippen LogP contribution >= 0.6 is 0 Å². The molecule has 112 valence electrons. The van der Waals surface area contributed by atoms with Gasteiger partial charge in [-0.15, -0.1) is 0 Å². The zero-order valence-electron chi connectivity index (χ0n) is 12.9. The van der Waals surface area contributed by atoms with Crippen LogP contribution in [0.5, 0.6) is 11.5 Å². The Bertz CT molecular complexity index is 391. The van der Waals surface area contributed by atoms with Crippen LogP contribution in [0, 0.1) is 5.92 Å². The van der Waals surface area contributed by atoms with E-state index < -0.39 is 0 Å². The average Bonchev–Trinajstić information content (AvgIpc) is 3.01.